The van der Waals surface area contributed by atoms with Gasteiger partial charge in [0.05, 0.1) is 19.1 Å². The molecule has 0 spiro atoms. The second-order valence-electron chi connectivity index (χ2n) is 6.81. The number of methoxy groups -OCH3 is 2. The fraction of sp³-hybridized carbons (Fsp3) is 0.217. The molecule has 3 aromatic rings. The van der Waals surface area contributed by atoms with E-state index < -0.39 is 10.0 Å². The molecular formula is C23H24BrNO4S. The van der Waals surface area contributed by atoms with E-state index in [-0.39, 0.29) is 17.4 Å². The second kappa shape index (κ2) is 10.1. The van der Waals surface area contributed by atoms with Gasteiger partial charge in [0.15, 0.2) is 11.5 Å². The first-order chi connectivity index (χ1) is 14.4. The summed E-state index contributed by atoms with van der Waals surface area (Å²) in [5.41, 5.74) is 2.09. The Morgan fingerprint density at radius 1 is 0.900 bits per heavy atom. The van der Waals surface area contributed by atoms with Crippen LogP contribution in [0.5, 0.6) is 11.5 Å². The van der Waals surface area contributed by atoms with E-state index in [2.05, 4.69) is 20.7 Å². The molecule has 5 nitrogen and oxygen atoms in total. The summed E-state index contributed by atoms with van der Waals surface area (Å²) in [4.78, 5) is 0.233. The lowest BCUT2D eigenvalue weighted by atomic mass is 9.92. The molecule has 3 aromatic carbocycles. The highest BCUT2D eigenvalue weighted by atomic mass is 79.9. The van der Waals surface area contributed by atoms with Gasteiger partial charge in [-0.05, 0) is 53.9 Å². The number of ether oxygens (including phenoxy) is 2. The van der Waals surface area contributed by atoms with Crippen molar-refractivity contribution in [2.45, 2.75) is 17.2 Å². The van der Waals surface area contributed by atoms with Crippen LogP contribution in [0, 0.1) is 0 Å². The van der Waals surface area contributed by atoms with Gasteiger partial charge in [-0.25, -0.2) is 13.1 Å². The minimum atomic E-state index is -3.63. The molecule has 0 bridgehead atoms. The number of hydrogen-bond donors (Lipinski definition) is 1. The Hall–Kier alpha value is -2.35. The third-order valence-electron chi connectivity index (χ3n) is 4.85. The minimum Gasteiger partial charge on any atom is -0.493 e. The van der Waals surface area contributed by atoms with Gasteiger partial charge in [0.25, 0.3) is 0 Å². The zero-order valence-corrected chi connectivity index (χ0v) is 19.2. The smallest absolute Gasteiger partial charge is 0.240 e. The van der Waals surface area contributed by atoms with Crippen LogP contribution in [0.15, 0.2) is 82.2 Å². The summed E-state index contributed by atoms with van der Waals surface area (Å²) in [6, 6.07) is 22.3. The van der Waals surface area contributed by atoms with Crippen molar-refractivity contribution in [1.82, 2.24) is 4.72 Å². The number of rotatable bonds is 9. The normalized spacial score (nSPS) is 12.4. The maximum atomic E-state index is 12.8. The van der Waals surface area contributed by atoms with Gasteiger partial charge in [0, 0.05) is 16.9 Å². The summed E-state index contributed by atoms with van der Waals surface area (Å²) in [6.45, 7) is 0.253. The highest BCUT2D eigenvalue weighted by Gasteiger charge is 2.20. The molecule has 0 unspecified atom stereocenters. The predicted molar refractivity (Wildman–Crippen MR) is 122 cm³/mol. The van der Waals surface area contributed by atoms with Gasteiger partial charge >= 0.3 is 0 Å². The van der Waals surface area contributed by atoms with E-state index in [4.69, 9.17) is 9.47 Å². The molecule has 1 N–H and O–H groups in total. The van der Waals surface area contributed by atoms with Crippen molar-refractivity contribution in [1.29, 1.82) is 0 Å². The molecule has 0 fully saturated rings. The quantitative estimate of drug-likeness (QED) is 0.470. The highest BCUT2D eigenvalue weighted by molar-refractivity contribution is 9.10. The van der Waals surface area contributed by atoms with Crippen LogP contribution in [0.2, 0.25) is 0 Å². The van der Waals surface area contributed by atoms with E-state index in [0.29, 0.717) is 17.9 Å². The predicted octanol–water partition coefficient (Wildman–Crippen LogP) is 4.77. The van der Waals surface area contributed by atoms with Crippen LogP contribution < -0.4 is 14.2 Å². The Kier molecular flexibility index (Phi) is 7.53. The van der Waals surface area contributed by atoms with Crippen molar-refractivity contribution in [2.24, 2.45) is 0 Å². The van der Waals surface area contributed by atoms with Crippen LogP contribution in [0.1, 0.15) is 17.0 Å². The van der Waals surface area contributed by atoms with Gasteiger partial charge in [0.2, 0.25) is 10.0 Å². The zero-order chi connectivity index (χ0) is 21.6. The maximum Gasteiger partial charge on any atom is 0.240 e. The van der Waals surface area contributed by atoms with Gasteiger partial charge in [-0.3, -0.25) is 0 Å². The molecule has 0 saturated carbocycles. The van der Waals surface area contributed by atoms with E-state index in [9.17, 15) is 8.42 Å². The van der Waals surface area contributed by atoms with Gasteiger partial charge in [-0.1, -0.05) is 52.3 Å². The fourth-order valence-electron chi connectivity index (χ4n) is 3.22. The molecule has 0 heterocycles. The van der Waals surface area contributed by atoms with Crippen LogP contribution in [0.4, 0.5) is 0 Å². The molecule has 30 heavy (non-hydrogen) atoms. The molecule has 0 aromatic heterocycles. The molecule has 0 aliphatic heterocycles. The second-order valence-corrected chi connectivity index (χ2v) is 9.49. The summed E-state index contributed by atoms with van der Waals surface area (Å²) >= 11 is 3.33. The van der Waals surface area contributed by atoms with Crippen molar-refractivity contribution in [3.05, 3.63) is 88.4 Å². The van der Waals surface area contributed by atoms with Crippen molar-refractivity contribution in [3.63, 3.8) is 0 Å². The molecule has 158 valence electrons. The average molecular weight is 490 g/mol. The van der Waals surface area contributed by atoms with Crippen molar-refractivity contribution in [2.75, 3.05) is 20.8 Å². The molecular weight excluding hydrogens is 466 g/mol. The summed E-state index contributed by atoms with van der Waals surface area (Å²) in [6.07, 6.45) is 0.680. The number of sulfonamides is 1. The first-order valence-electron chi connectivity index (χ1n) is 9.44. The van der Waals surface area contributed by atoms with Crippen LogP contribution in [0.25, 0.3) is 0 Å². The number of nitrogens with one attached hydrogen (secondary N) is 1. The standard InChI is InChI=1S/C23H24BrNO4S/c1-28-22-13-8-18(15-23(22)29-2)19(14-17-6-4-3-5-7-17)16-25-30(26,27)21-11-9-20(24)10-12-21/h3-13,15,19,25H,14,16H2,1-2H3/t19-/m1/s1. The lowest BCUT2D eigenvalue weighted by molar-refractivity contribution is 0.354. The first kappa shape index (κ1) is 22.3. The van der Waals surface area contributed by atoms with Gasteiger partial charge in [0.1, 0.15) is 0 Å². The average Bonchev–Trinajstić information content (AvgIpc) is 2.77. The largest absolute Gasteiger partial charge is 0.493 e. The van der Waals surface area contributed by atoms with E-state index in [1.165, 1.54) is 0 Å². The molecule has 3 rings (SSSR count). The van der Waals surface area contributed by atoms with E-state index in [0.717, 1.165) is 15.6 Å². The summed E-state index contributed by atoms with van der Waals surface area (Å²) < 4.78 is 39.9. The van der Waals surface area contributed by atoms with Crippen LogP contribution >= 0.6 is 15.9 Å². The third kappa shape index (κ3) is 5.62. The maximum absolute atomic E-state index is 12.8. The molecule has 0 radical (unpaired) electrons. The molecule has 0 saturated heterocycles. The number of halogens is 1. The lowest BCUT2D eigenvalue weighted by Gasteiger charge is -2.20. The molecule has 0 aliphatic rings. The SMILES string of the molecule is COc1ccc([C@@H](CNS(=O)(=O)c2ccc(Br)cc2)Cc2ccccc2)cc1OC. The Morgan fingerprint density at radius 3 is 2.20 bits per heavy atom. The van der Waals surface area contributed by atoms with Crippen molar-refractivity contribution in [3.8, 4) is 11.5 Å². The Balaban J connectivity index is 1.87. The fourth-order valence-corrected chi connectivity index (χ4v) is 4.57. The molecule has 0 aliphatic carbocycles. The van der Waals surface area contributed by atoms with Gasteiger partial charge in [-0.15, -0.1) is 0 Å². The first-order valence-corrected chi connectivity index (χ1v) is 11.7. The molecule has 1 atom stereocenters. The number of benzene rings is 3. The number of hydrogen-bond acceptors (Lipinski definition) is 4. The molecule has 0 amide bonds. The van der Waals surface area contributed by atoms with Crippen molar-refractivity contribution < 1.29 is 17.9 Å². The zero-order valence-electron chi connectivity index (χ0n) is 16.8. The van der Waals surface area contributed by atoms with E-state index >= 15 is 0 Å². The summed E-state index contributed by atoms with van der Waals surface area (Å²) in [5.74, 6) is 1.16. The lowest BCUT2D eigenvalue weighted by Crippen LogP contribution is -2.29. The van der Waals surface area contributed by atoms with Crippen LogP contribution in [-0.2, 0) is 16.4 Å². The van der Waals surface area contributed by atoms with Crippen molar-refractivity contribution >= 4 is 26.0 Å². The van der Waals surface area contributed by atoms with Crippen LogP contribution in [0.3, 0.4) is 0 Å². The molecule has 7 heteroatoms. The Labute approximate surface area is 186 Å². The highest BCUT2D eigenvalue weighted by Crippen LogP contribution is 2.32. The van der Waals surface area contributed by atoms with E-state index in [1.807, 2.05) is 48.5 Å². The summed E-state index contributed by atoms with van der Waals surface area (Å²) in [5, 5.41) is 0. The monoisotopic (exact) mass is 489 g/mol. The summed E-state index contributed by atoms with van der Waals surface area (Å²) in [7, 11) is -0.452. The van der Waals surface area contributed by atoms with Crippen LogP contribution in [-0.4, -0.2) is 29.2 Å². The topological polar surface area (TPSA) is 64.6 Å². The minimum absolute atomic E-state index is 0.0857. The third-order valence-corrected chi connectivity index (χ3v) is 6.82. The van der Waals surface area contributed by atoms with Gasteiger partial charge < -0.3 is 9.47 Å². The van der Waals surface area contributed by atoms with E-state index in [1.54, 1.807) is 38.5 Å². The van der Waals surface area contributed by atoms with Gasteiger partial charge in [-0.2, -0.15) is 0 Å². The Bertz CT molecular complexity index is 1070. The Morgan fingerprint density at radius 2 is 1.57 bits per heavy atom.